The molecule has 3 rings (SSSR count). The van der Waals surface area contributed by atoms with Crippen molar-refractivity contribution in [1.29, 1.82) is 0 Å². The highest BCUT2D eigenvalue weighted by Gasteiger charge is 2.20. The first kappa shape index (κ1) is 8.12. The average molecular weight is 189 g/mol. The van der Waals surface area contributed by atoms with Crippen molar-refractivity contribution in [3.63, 3.8) is 0 Å². The second-order valence-corrected chi connectivity index (χ2v) is 3.90. The molecular formula is C11H15N3. The molecule has 0 aromatic heterocycles. The van der Waals surface area contributed by atoms with Crippen LogP contribution in [0.25, 0.3) is 0 Å². The maximum Gasteiger partial charge on any atom is 0.0648 e. The van der Waals surface area contributed by atoms with E-state index in [1.165, 1.54) is 16.9 Å². The Morgan fingerprint density at radius 1 is 1.14 bits per heavy atom. The molecule has 0 saturated carbocycles. The van der Waals surface area contributed by atoms with Gasteiger partial charge in [0.1, 0.15) is 0 Å². The van der Waals surface area contributed by atoms with Gasteiger partial charge in [0.2, 0.25) is 0 Å². The lowest BCUT2D eigenvalue weighted by Gasteiger charge is -2.32. The zero-order valence-corrected chi connectivity index (χ0v) is 8.21. The number of hydrogen-bond donors (Lipinski definition) is 2. The van der Waals surface area contributed by atoms with Crippen LogP contribution in [0.1, 0.15) is 5.56 Å². The largest absolute Gasteiger partial charge is 0.382 e. The highest BCUT2D eigenvalue weighted by molar-refractivity contribution is 5.76. The molecule has 0 amide bonds. The summed E-state index contributed by atoms with van der Waals surface area (Å²) < 4.78 is 0. The molecule has 2 aliphatic rings. The van der Waals surface area contributed by atoms with E-state index in [9.17, 15) is 0 Å². The molecule has 3 heteroatoms. The Hall–Kier alpha value is -1.22. The summed E-state index contributed by atoms with van der Waals surface area (Å²) in [6.07, 6.45) is 0. The molecule has 0 spiro atoms. The number of anilines is 2. The van der Waals surface area contributed by atoms with Crippen molar-refractivity contribution in [1.82, 2.24) is 5.32 Å². The summed E-state index contributed by atoms with van der Waals surface area (Å²) in [4.78, 5) is 2.49. The standard InChI is InChI=1S/C11H15N3/c1-2-9-8-12-4-6-14-7-5-13-10(3-1)11(9)14/h1-3,12-13H,4-8H2. The van der Waals surface area contributed by atoms with E-state index in [1.807, 2.05) is 0 Å². The van der Waals surface area contributed by atoms with Crippen molar-refractivity contribution in [2.45, 2.75) is 6.54 Å². The van der Waals surface area contributed by atoms with E-state index in [1.54, 1.807) is 0 Å². The molecule has 2 heterocycles. The van der Waals surface area contributed by atoms with Crippen LogP contribution < -0.4 is 15.5 Å². The Bertz CT molecular complexity index is 348. The van der Waals surface area contributed by atoms with Gasteiger partial charge in [0.15, 0.2) is 0 Å². The second-order valence-electron chi connectivity index (χ2n) is 3.90. The molecule has 2 aliphatic heterocycles. The lowest BCUT2D eigenvalue weighted by Crippen LogP contribution is -2.36. The summed E-state index contributed by atoms with van der Waals surface area (Å²) in [5.41, 5.74) is 4.15. The predicted molar refractivity (Wildman–Crippen MR) is 58.9 cm³/mol. The molecule has 74 valence electrons. The third-order valence-corrected chi connectivity index (χ3v) is 3.01. The number of benzene rings is 1. The summed E-state index contributed by atoms with van der Waals surface area (Å²) >= 11 is 0. The Morgan fingerprint density at radius 3 is 3.07 bits per heavy atom. The van der Waals surface area contributed by atoms with Crippen LogP contribution in [-0.4, -0.2) is 26.2 Å². The fraction of sp³-hybridized carbons (Fsp3) is 0.455. The van der Waals surface area contributed by atoms with E-state index in [0.29, 0.717) is 0 Å². The van der Waals surface area contributed by atoms with Gasteiger partial charge in [-0.3, -0.25) is 0 Å². The highest BCUT2D eigenvalue weighted by atomic mass is 15.2. The average Bonchev–Trinajstić information content (AvgIpc) is 2.44. The zero-order valence-electron chi connectivity index (χ0n) is 8.21. The summed E-state index contributed by atoms with van der Waals surface area (Å²) in [7, 11) is 0. The van der Waals surface area contributed by atoms with Gasteiger partial charge in [-0.25, -0.2) is 0 Å². The Kier molecular flexibility index (Phi) is 1.84. The number of nitrogens with zero attached hydrogens (tertiary/aromatic N) is 1. The van der Waals surface area contributed by atoms with Crippen molar-refractivity contribution in [3.05, 3.63) is 23.8 Å². The van der Waals surface area contributed by atoms with Gasteiger partial charge in [-0.15, -0.1) is 0 Å². The monoisotopic (exact) mass is 189 g/mol. The molecule has 0 fully saturated rings. The first-order chi connectivity index (χ1) is 6.95. The van der Waals surface area contributed by atoms with Crippen LogP contribution in [0.2, 0.25) is 0 Å². The van der Waals surface area contributed by atoms with E-state index < -0.39 is 0 Å². The minimum absolute atomic E-state index is 1.00. The number of hydrogen-bond acceptors (Lipinski definition) is 3. The zero-order chi connectivity index (χ0) is 9.38. The molecule has 0 bridgehead atoms. The highest BCUT2D eigenvalue weighted by Crippen LogP contribution is 2.33. The second kappa shape index (κ2) is 3.17. The molecule has 0 atom stereocenters. The van der Waals surface area contributed by atoms with E-state index in [4.69, 9.17) is 0 Å². The Balaban J connectivity index is 2.14. The minimum Gasteiger partial charge on any atom is -0.382 e. The first-order valence-corrected chi connectivity index (χ1v) is 5.26. The van der Waals surface area contributed by atoms with Crippen molar-refractivity contribution < 1.29 is 0 Å². The van der Waals surface area contributed by atoms with Crippen LogP contribution in [0.4, 0.5) is 11.4 Å². The molecule has 3 nitrogen and oxygen atoms in total. The Labute approximate surface area is 84.1 Å². The van der Waals surface area contributed by atoms with E-state index in [-0.39, 0.29) is 0 Å². The molecule has 0 unspecified atom stereocenters. The first-order valence-electron chi connectivity index (χ1n) is 5.26. The molecule has 14 heavy (non-hydrogen) atoms. The molecule has 1 aromatic carbocycles. The minimum atomic E-state index is 1.00. The molecule has 2 N–H and O–H groups in total. The Morgan fingerprint density at radius 2 is 2.07 bits per heavy atom. The lowest BCUT2D eigenvalue weighted by atomic mass is 10.1. The van der Waals surface area contributed by atoms with Gasteiger partial charge in [-0.2, -0.15) is 0 Å². The third-order valence-electron chi connectivity index (χ3n) is 3.01. The van der Waals surface area contributed by atoms with Gasteiger partial charge >= 0.3 is 0 Å². The van der Waals surface area contributed by atoms with Crippen LogP contribution in [0.3, 0.4) is 0 Å². The molecule has 0 saturated heterocycles. The van der Waals surface area contributed by atoms with E-state index >= 15 is 0 Å². The molecule has 0 aliphatic carbocycles. The van der Waals surface area contributed by atoms with Gasteiger partial charge < -0.3 is 15.5 Å². The summed E-state index contributed by atoms with van der Waals surface area (Å²) in [6.45, 7) is 5.42. The summed E-state index contributed by atoms with van der Waals surface area (Å²) in [5, 5.41) is 6.91. The number of para-hydroxylation sites is 1. The summed E-state index contributed by atoms with van der Waals surface area (Å²) in [6, 6.07) is 6.53. The maximum absolute atomic E-state index is 3.46. The van der Waals surface area contributed by atoms with Crippen molar-refractivity contribution in [2.24, 2.45) is 0 Å². The van der Waals surface area contributed by atoms with Gasteiger partial charge in [0.25, 0.3) is 0 Å². The van der Waals surface area contributed by atoms with Crippen molar-refractivity contribution in [2.75, 3.05) is 36.4 Å². The molecule has 0 radical (unpaired) electrons. The van der Waals surface area contributed by atoms with Gasteiger partial charge in [0.05, 0.1) is 11.4 Å². The van der Waals surface area contributed by atoms with Crippen LogP contribution in [0, 0.1) is 0 Å². The fourth-order valence-electron chi connectivity index (χ4n) is 2.35. The number of rotatable bonds is 0. The topological polar surface area (TPSA) is 27.3 Å². The van der Waals surface area contributed by atoms with E-state index in [0.717, 1.165) is 32.7 Å². The van der Waals surface area contributed by atoms with Crippen molar-refractivity contribution >= 4 is 11.4 Å². The fourth-order valence-corrected chi connectivity index (χ4v) is 2.35. The summed E-state index contributed by atoms with van der Waals surface area (Å²) in [5.74, 6) is 0. The van der Waals surface area contributed by atoms with Crippen LogP contribution in [-0.2, 0) is 6.54 Å². The quantitative estimate of drug-likeness (QED) is 0.638. The van der Waals surface area contributed by atoms with Crippen molar-refractivity contribution in [3.8, 4) is 0 Å². The normalized spacial score (nSPS) is 19.6. The number of nitrogens with one attached hydrogen (secondary N) is 2. The molecular weight excluding hydrogens is 174 g/mol. The SMILES string of the molecule is c1cc2c3c(c1)NCCN3CCNC2. The van der Waals surface area contributed by atoms with Gasteiger partial charge in [-0.1, -0.05) is 12.1 Å². The van der Waals surface area contributed by atoms with Crippen LogP contribution in [0.15, 0.2) is 18.2 Å². The third kappa shape index (κ3) is 1.16. The lowest BCUT2D eigenvalue weighted by molar-refractivity contribution is 0.689. The molecule has 1 aromatic rings. The smallest absolute Gasteiger partial charge is 0.0648 e. The van der Waals surface area contributed by atoms with Crippen LogP contribution in [0.5, 0.6) is 0 Å². The van der Waals surface area contributed by atoms with Gasteiger partial charge in [-0.05, 0) is 11.6 Å². The maximum atomic E-state index is 3.46. The van der Waals surface area contributed by atoms with Gasteiger partial charge in [0, 0.05) is 32.7 Å². The van der Waals surface area contributed by atoms with Crippen LogP contribution >= 0.6 is 0 Å². The predicted octanol–water partition coefficient (Wildman–Crippen LogP) is 1.02. The van der Waals surface area contributed by atoms with E-state index in [2.05, 4.69) is 33.7 Å².